The summed E-state index contributed by atoms with van der Waals surface area (Å²) in [5, 5.41) is 3.36. The molecule has 2 aliphatic rings. The van der Waals surface area contributed by atoms with Gasteiger partial charge in [0.05, 0.1) is 30.6 Å². The Morgan fingerprint density at radius 1 is 1.41 bits per heavy atom. The number of hydrogen-bond donors (Lipinski definition) is 2. The van der Waals surface area contributed by atoms with Crippen LogP contribution in [0, 0.1) is 0 Å². The number of rotatable bonds is 3. The number of hydrogen-bond acceptors (Lipinski definition) is 5. The first-order valence-corrected chi connectivity index (χ1v) is 6.17. The van der Waals surface area contributed by atoms with Crippen molar-refractivity contribution in [2.45, 2.75) is 37.5 Å². The number of aromatic nitrogens is 2. The highest BCUT2D eigenvalue weighted by atomic mass is 32.1. The maximum Gasteiger partial charge on any atom is 0.144 e. The van der Waals surface area contributed by atoms with Crippen molar-refractivity contribution in [3.05, 3.63) is 18.1 Å². The van der Waals surface area contributed by atoms with Crippen LogP contribution >= 0.6 is 12.2 Å². The van der Waals surface area contributed by atoms with Crippen molar-refractivity contribution >= 4 is 23.0 Å². The Bertz CT molecular complexity index is 436. The summed E-state index contributed by atoms with van der Waals surface area (Å²) in [7, 11) is 0. The van der Waals surface area contributed by atoms with E-state index in [-0.39, 0.29) is 4.99 Å². The van der Waals surface area contributed by atoms with E-state index in [9.17, 15) is 0 Å². The predicted octanol–water partition coefficient (Wildman–Crippen LogP) is 0.843. The SMILES string of the molecule is NC(=S)c1cnc(NC2CC3CCC2O3)cn1. The van der Waals surface area contributed by atoms with E-state index in [2.05, 4.69) is 15.3 Å². The zero-order chi connectivity index (χ0) is 11.8. The Hall–Kier alpha value is -1.27. The molecule has 0 amide bonds. The van der Waals surface area contributed by atoms with Crippen molar-refractivity contribution < 1.29 is 4.74 Å². The summed E-state index contributed by atoms with van der Waals surface area (Å²) in [6, 6.07) is 0.360. The van der Waals surface area contributed by atoms with E-state index in [4.69, 9.17) is 22.7 Å². The lowest BCUT2D eigenvalue weighted by Crippen LogP contribution is -2.30. The van der Waals surface area contributed by atoms with Gasteiger partial charge in [0.25, 0.3) is 0 Å². The van der Waals surface area contributed by atoms with Crippen LogP contribution in [0.4, 0.5) is 5.82 Å². The lowest BCUT2D eigenvalue weighted by Gasteiger charge is -2.20. The van der Waals surface area contributed by atoms with Crippen LogP contribution in [0.3, 0.4) is 0 Å². The topological polar surface area (TPSA) is 73.1 Å². The molecule has 0 aromatic carbocycles. The van der Waals surface area contributed by atoms with Crippen LogP contribution in [0.2, 0.25) is 0 Å². The van der Waals surface area contributed by atoms with Crippen LogP contribution in [-0.2, 0) is 4.74 Å². The van der Waals surface area contributed by atoms with E-state index in [1.54, 1.807) is 12.4 Å². The summed E-state index contributed by atoms with van der Waals surface area (Å²) >= 11 is 4.83. The van der Waals surface area contributed by atoms with E-state index in [0.29, 0.717) is 23.9 Å². The number of nitrogens with two attached hydrogens (primary N) is 1. The third-order valence-corrected chi connectivity index (χ3v) is 3.55. The second-order valence-electron chi connectivity index (χ2n) is 4.51. The highest BCUT2D eigenvalue weighted by Crippen LogP contribution is 2.35. The average Bonchev–Trinajstić information content (AvgIpc) is 2.91. The molecule has 2 bridgehead atoms. The van der Waals surface area contributed by atoms with Crippen LogP contribution < -0.4 is 11.1 Å². The lowest BCUT2D eigenvalue weighted by atomic mass is 9.95. The summed E-state index contributed by atoms with van der Waals surface area (Å²) in [4.78, 5) is 8.67. The van der Waals surface area contributed by atoms with Gasteiger partial charge in [0.15, 0.2) is 0 Å². The first-order valence-electron chi connectivity index (χ1n) is 5.76. The predicted molar refractivity (Wildman–Crippen MR) is 67.8 cm³/mol. The number of anilines is 1. The zero-order valence-corrected chi connectivity index (χ0v) is 10.1. The van der Waals surface area contributed by atoms with Gasteiger partial charge in [-0.3, -0.25) is 0 Å². The Kier molecular flexibility index (Phi) is 2.68. The van der Waals surface area contributed by atoms with Gasteiger partial charge in [-0.15, -0.1) is 0 Å². The second-order valence-corrected chi connectivity index (χ2v) is 4.95. The second kappa shape index (κ2) is 4.19. The first-order chi connectivity index (χ1) is 8.22. The molecule has 0 aliphatic carbocycles. The van der Waals surface area contributed by atoms with Crippen molar-refractivity contribution in [2.75, 3.05) is 5.32 Å². The largest absolute Gasteiger partial charge is 0.388 e. The summed E-state index contributed by atoms with van der Waals surface area (Å²) in [5.41, 5.74) is 6.02. The Morgan fingerprint density at radius 3 is 2.82 bits per heavy atom. The number of ether oxygens (including phenoxy) is 1. The minimum atomic E-state index is 0.271. The lowest BCUT2D eigenvalue weighted by molar-refractivity contribution is 0.102. The van der Waals surface area contributed by atoms with E-state index in [1.165, 1.54) is 6.42 Å². The Balaban J connectivity index is 1.67. The maximum atomic E-state index is 5.77. The molecule has 3 rings (SSSR count). The molecular formula is C11H14N4OS. The van der Waals surface area contributed by atoms with Crippen LogP contribution in [0.25, 0.3) is 0 Å². The third kappa shape index (κ3) is 2.10. The van der Waals surface area contributed by atoms with Crippen molar-refractivity contribution in [1.29, 1.82) is 0 Å². The Labute approximate surface area is 105 Å². The molecule has 6 heteroatoms. The molecule has 3 N–H and O–H groups in total. The molecule has 2 fully saturated rings. The molecule has 2 saturated heterocycles. The van der Waals surface area contributed by atoms with Crippen LogP contribution in [0.5, 0.6) is 0 Å². The molecule has 1 aromatic rings. The monoisotopic (exact) mass is 250 g/mol. The van der Waals surface area contributed by atoms with Crippen LogP contribution in [0.15, 0.2) is 12.4 Å². The molecule has 3 unspecified atom stereocenters. The van der Waals surface area contributed by atoms with Gasteiger partial charge in [-0.2, -0.15) is 0 Å². The fourth-order valence-electron chi connectivity index (χ4n) is 2.51. The third-order valence-electron chi connectivity index (χ3n) is 3.34. The minimum Gasteiger partial charge on any atom is -0.388 e. The average molecular weight is 250 g/mol. The molecule has 3 heterocycles. The standard InChI is InChI=1S/C11H14N4OS/c12-11(17)8-4-14-10(5-13-8)15-7-3-6-1-2-9(7)16-6/h4-7,9H,1-3H2,(H2,12,17)(H,14,15). The normalized spacial score (nSPS) is 30.5. The molecule has 17 heavy (non-hydrogen) atoms. The van der Waals surface area contributed by atoms with Gasteiger partial charge >= 0.3 is 0 Å². The molecule has 0 spiro atoms. The quantitative estimate of drug-likeness (QED) is 0.775. The van der Waals surface area contributed by atoms with Crippen LogP contribution in [-0.4, -0.2) is 33.2 Å². The highest BCUT2D eigenvalue weighted by Gasteiger charge is 2.40. The van der Waals surface area contributed by atoms with Crippen molar-refractivity contribution in [1.82, 2.24) is 9.97 Å². The minimum absolute atomic E-state index is 0.271. The van der Waals surface area contributed by atoms with Crippen molar-refractivity contribution in [3.8, 4) is 0 Å². The van der Waals surface area contributed by atoms with Gasteiger partial charge in [-0.25, -0.2) is 9.97 Å². The summed E-state index contributed by atoms with van der Waals surface area (Å²) in [6.45, 7) is 0. The fraction of sp³-hybridized carbons (Fsp3) is 0.545. The van der Waals surface area contributed by atoms with Gasteiger partial charge in [0.2, 0.25) is 0 Å². The number of nitrogens with one attached hydrogen (secondary N) is 1. The van der Waals surface area contributed by atoms with Crippen molar-refractivity contribution in [2.24, 2.45) is 5.73 Å². The number of fused-ring (bicyclic) bond motifs is 2. The Morgan fingerprint density at radius 2 is 2.29 bits per heavy atom. The summed E-state index contributed by atoms with van der Waals surface area (Å²) in [5.74, 6) is 0.756. The number of nitrogens with zero attached hydrogens (tertiary/aromatic N) is 2. The zero-order valence-electron chi connectivity index (χ0n) is 9.30. The smallest absolute Gasteiger partial charge is 0.144 e. The number of thiocarbonyl (C=S) groups is 1. The molecule has 2 aliphatic heterocycles. The molecule has 90 valence electrons. The van der Waals surface area contributed by atoms with Gasteiger partial charge < -0.3 is 15.8 Å². The van der Waals surface area contributed by atoms with E-state index < -0.39 is 0 Å². The maximum absolute atomic E-state index is 5.77. The molecule has 5 nitrogen and oxygen atoms in total. The van der Waals surface area contributed by atoms with E-state index in [0.717, 1.165) is 18.7 Å². The first kappa shape index (κ1) is 10.9. The van der Waals surface area contributed by atoms with Gasteiger partial charge in [0.1, 0.15) is 16.5 Å². The van der Waals surface area contributed by atoms with Gasteiger partial charge in [-0.1, -0.05) is 12.2 Å². The van der Waals surface area contributed by atoms with Gasteiger partial charge in [0, 0.05) is 0 Å². The molecule has 1 aromatic heterocycles. The van der Waals surface area contributed by atoms with Gasteiger partial charge in [-0.05, 0) is 19.3 Å². The highest BCUT2D eigenvalue weighted by molar-refractivity contribution is 7.80. The molecule has 0 saturated carbocycles. The summed E-state index contributed by atoms with van der Waals surface area (Å²) in [6.07, 6.45) is 7.41. The molecule has 0 radical (unpaired) electrons. The molecule has 3 atom stereocenters. The van der Waals surface area contributed by atoms with E-state index >= 15 is 0 Å². The van der Waals surface area contributed by atoms with Crippen LogP contribution in [0.1, 0.15) is 25.0 Å². The van der Waals surface area contributed by atoms with Crippen molar-refractivity contribution in [3.63, 3.8) is 0 Å². The van der Waals surface area contributed by atoms with E-state index in [1.807, 2.05) is 0 Å². The molecular weight excluding hydrogens is 236 g/mol. The fourth-order valence-corrected chi connectivity index (χ4v) is 2.61. The summed E-state index contributed by atoms with van der Waals surface area (Å²) < 4.78 is 5.77.